The quantitative estimate of drug-likeness (QED) is 0.877. The molecule has 0 spiro atoms. The molecule has 0 aromatic heterocycles. The second kappa shape index (κ2) is 7.79. The van der Waals surface area contributed by atoms with Crippen LogP contribution in [-0.4, -0.2) is 40.8 Å². The summed E-state index contributed by atoms with van der Waals surface area (Å²) in [5, 5.41) is 12.2. The summed E-state index contributed by atoms with van der Waals surface area (Å²) in [7, 11) is 0. The van der Waals surface area contributed by atoms with E-state index in [2.05, 4.69) is 11.4 Å². The van der Waals surface area contributed by atoms with Gasteiger partial charge in [-0.3, -0.25) is 0 Å². The minimum atomic E-state index is -0.167. The van der Waals surface area contributed by atoms with Crippen LogP contribution in [0.2, 0.25) is 0 Å². The van der Waals surface area contributed by atoms with Crippen molar-refractivity contribution in [2.45, 2.75) is 58.4 Å². The number of carbonyl (C=O) groups excluding carboxylic acids is 1. The number of aliphatic hydroxyl groups excluding tert-OH is 1. The summed E-state index contributed by atoms with van der Waals surface area (Å²) >= 11 is 0. The Kier molecular flexibility index (Phi) is 6.02. The van der Waals surface area contributed by atoms with Crippen LogP contribution in [0.25, 0.3) is 0 Å². The van der Waals surface area contributed by atoms with E-state index in [9.17, 15) is 9.90 Å². The normalized spacial score (nSPS) is 18.3. The lowest BCUT2D eigenvalue weighted by atomic mass is 10.1. The summed E-state index contributed by atoms with van der Waals surface area (Å²) in [6.45, 7) is 7.89. The highest BCUT2D eigenvalue weighted by atomic mass is 16.5. The Balaban J connectivity index is 1.87. The van der Waals surface area contributed by atoms with E-state index in [4.69, 9.17) is 4.74 Å². The predicted molar refractivity (Wildman–Crippen MR) is 90.0 cm³/mol. The standard InChI is InChI=1S/C18H28N2O3/c1-18(2,3)23-13-15-7-4-6-14(10-15)11-19-17(22)20-9-5-8-16(20)12-21/h4,6-7,10,16,21H,5,8-9,11-13H2,1-3H3,(H,19,22). The lowest BCUT2D eigenvalue weighted by Crippen LogP contribution is -2.43. The monoisotopic (exact) mass is 320 g/mol. The molecule has 1 aliphatic heterocycles. The first kappa shape index (κ1) is 17.8. The average molecular weight is 320 g/mol. The molecular weight excluding hydrogens is 292 g/mol. The van der Waals surface area contributed by atoms with Gasteiger partial charge in [0.2, 0.25) is 0 Å². The number of hydrogen-bond acceptors (Lipinski definition) is 3. The number of ether oxygens (including phenoxy) is 1. The predicted octanol–water partition coefficient (Wildman–Crippen LogP) is 2.67. The van der Waals surface area contributed by atoms with Gasteiger partial charge in [0, 0.05) is 13.1 Å². The largest absolute Gasteiger partial charge is 0.394 e. The highest BCUT2D eigenvalue weighted by molar-refractivity contribution is 5.74. The Morgan fingerprint density at radius 2 is 2.13 bits per heavy atom. The topological polar surface area (TPSA) is 61.8 Å². The number of rotatable bonds is 5. The van der Waals surface area contributed by atoms with Gasteiger partial charge in [-0.25, -0.2) is 4.79 Å². The first-order chi connectivity index (χ1) is 10.9. The van der Waals surface area contributed by atoms with E-state index < -0.39 is 0 Å². The number of carbonyl (C=O) groups is 1. The number of hydrogen-bond donors (Lipinski definition) is 2. The van der Waals surface area contributed by atoms with E-state index in [1.54, 1.807) is 4.90 Å². The maximum absolute atomic E-state index is 12.2. The van der Waals surface area contributed by atoms with Gasteiger partial charge in [-0.2, -0.15) is 0 Å². The minimum absolute atomic E-state index is 0.0348. The minimum Gasteiger partial charge on any atom is -0.394 e. The third-order valence-electron chi connectivity index (χ3n) is 3.96. The number of amides is 2. The van der Waals surface area contributed by atoms with E-state index in [0.29, 0.717) is 13.2 Å². The average Bonchev–Trinajstić information content (AvgIpc) is 2.99. The van der Waals surface area contributed by atoms with Gasteiger partial charge in [-0.15, -0.1) is 0 Å². The van der Waals surface area contributed by atoms with Gasteiger partial charge >= 0.3 is 6.03 Å². The number of benzene rings is 1. The number of nitrogens with one attached hydrogen (secondary N) is 1. The van der Waals surface area contributed by atoms with E-state index in [1.165, 1.54) is 0 Å². The second-order valence-corrected chi connectivity index (χ2v) is 7.05. The summed E-state index contributed by atoms with van der Waals surface area (Å²) in [5.41, 5.74) is 1.98. The molecule has 5 nitrogen and oxygen atoms in total. The van der Waals surface area contributed by atoms with Crippen LogP contribution < -0.4 is 5.32 Å². The van der Waals surface area contributed by atoms with Crippen molar-refractivity contribution >= 4 is 6.03 Å². The molecule has 0 radical (unpaired) electrons. The highest BCUT2D eigenvalue weighted by Gasteiger charge is 2.27. The molecule has 2 amide bonds. The van der Waals surface area contributed by atoms with Crippen molar-refractivity contribution in [1.29, 1.82) is 0 Å². The molecule has 0 bridgehead atoms. The molecule has 0 saturated carbocycles. The summed E-state index contributed by atoms with van der Waals surface area (Å²) < 4.78 is 5.78. The third kappa shape index (κ3) is 5.52. The number of likely N-dealkylation sites (tertiary alicyclic amines) is 1. The van der Waals surface area contributed by atoms with Crippen molar-refractivity contribution in [3.63, 3.8) is 0 Å². The molecular formula is C18H28N2O3. The Morgan fingerprint density at radius 1 is 1.39 bits per heavy atom. The Morgan fingerprint density at radius 3 is 2.83 bits per heavy atom. The van der Waals surface area contributed by atoms with Crippen molar-refractivity contribution < 1.29 is 14.6 Å². The zero-order valence-electron chi connectivity index (χ0n) is 14.3. The summed E-state index contributed by atoms with van der Waals surface area (Å²) in [5.74, 6) is 0. The van der Waals surface area contributed by atoms with Crippen LogP contribution in [0.5, 0.6) is 0 Å². The van der Waals surface area contributed by atoms with Gasteiger partial charge < -0.3 is 20.1 Å². The number of nitrogens with zero attached hydrogens (tertiary/aromatic N) is 1. The first-order valence-electron chi connectivity index (χ1n) is 8.26. The highest BCUT2D eigenvalue weighted by Crippen LogP contribution is 2.17. The van der Waals surface area contributed by atoms with Gasteiger partial charge in [0.05, 0.1) is 24.9 Å². The van der Waals surface area contributed by atoms with Crippen LogP contribution in [-0.2, 0) is 17.9 Å². The maximum Gasteiger partial charge on any atom is 0.317 e. The van der Waals surface area contributed by atoms with E-state index >= 15 is 0 Å². The zero-order valence-corrected chi connectivity index (χ0v) is 14.3. The van der Waals surface area contributed by atoms with Crippen LogP contribution in [0.1, 0.15) is 44.7 Å². The molecule has 2 N–H and O–H groups in total. The fraction of sp³-hybridized carbons (Fsp3) is 0.611. The molecule has 1 saturated heterocycles. The summed E-state index contributed by atoms with van der Waals surface area (Å²) in [4.78, 5) is 13.9. The molecule has 1 heterocycles. The molecule has 1 unspecified atom stereocenters. The summed E-state index contributed by atoms with van der Waals surface area (Å²) in [6, 6.07) is 7.92. The van der Waals surface area contributed by atoms with Crippen molar-refractivity contribution in [2.75, 3.05) is 13.2 Å². The van der Waals surface area contributed by atoms with Gasteiger partial charge in [0.25, 0.3) is 0 Å². The van der Waals surface area contributed by atoms with E-state index in [1.807, 2.05) is 39.0 Å². The lowest BCUT2D eigenvalue weighted by molar-refractivity contribution is -0.0149. The summed E-state index contributed by atoms with van der Waals surface area (Å²) in [6.07, 6.45) is 1.84. The van der Waals surface area contributed by atoms with E-state index in [-0.39, 0.29) is 24.3 Å². The number of aliphatic hydroxyl groups is 1. The fourth-order valence-corrected chi connectivity index (χ4v) is 2.70. The third-order valence-corrected chi connectivity index (χ3v) is 3.96. The Labute approximate surface area is 138 Å². The van der Waals surface area contributed by atoms with E-state index in [0.717, 1.165) is 30.5 Å². The van der Waals surface area contributed by atoms with Crippen molar-refractivity contribution in [3.05, 3.63) is 35.4 Å². The van der Waals surface area contributed by atoms with Crippen LogP contribution in [0, 0.1) is 0 Å². The Bertz CT molecular complexity index is 525. The lowest BCUT2D eigenvalue weighted by Gasteiger charge is -2.23. The van der Waals surface area contributed by atoms with Crippen LogP contribution >= 0.6 is 0 Å². The number of urea groups is 1. The molecule has 1 fully saturated rings. The molecule has 1 aromatic carbocycles. The molecule has 1 atom stereocenters. The molecule has 1 aromatic rings. The van der Waals surface area contributed by atoms with Crippen molar-refractivity contribution in [3.8, 4) is 0 Å². The fourth-order valence-electron chi connectivity index (χ4n) is 2.70. The van der Waals surface area contributed by atoms with Gasteiger partial charge in [0.15, 0.2) is 0 Å². The van der Waals surface area contributed by atoms with Crippen LogP contribution in [0.3, 0.4) is 0 Å². The second-order valence-electron chi connectivity index (χ2n) is 7.05. The molecule has 1 aliphatic rings. The molecule has 23 heavy (non-hydrogen) atoms. The van der Waals surface area contributed by atoms with Crippen LogP contribution in [0.15, 0.2) is 24.3 Å². The van der Waals surface area contributed by atoms with Gasteiger partial charge in [-0.05, 0) is 44.7 Å². The molecule has 5 heteroatoms. The Hall–Kier alpha value is -1.59. The van der Waals surface area contributed by atoms with Gasteiger partial charge in [-0.1, -0.05) is 24.3 Å². The van der Waals surface area contributed by atoms with Crippen LogP contribution in [0.4, 0.5) is 4.79 Å². The SMILES string of the molecule is CC(C)(C)OCc1cccc(CNC(=O)N2CCCC2CO)c1. The van der Waals surface area contributed by atoms with Crippen molar-refractivity contribution in [1.82, 2.24) is 10.2 Å². The molecule has 128 valence electrons. The van der Waals surface area contributed by atoms with Gasteiger partial charge in [0.1, 0.15) is 0 Å². The zero-order chi connectivity index (χ0) is 16.9. The van der Waals surface area contributed by atoms with Crippen molar-refractivity contribution in [2.24, 2.45) is 0 Å². The first-order valence-corrected chi connectivity index (χ1v) is 8.26. The maximum atomic E-state index is 12.2. The molecule has 2 rings (SSSR count). The molecule has 0 aliphatic carbocycles. The smallest absolute Gasteiger partial charge is 0.317 e.